The topological polar surface area (TPSA) is 36.3 Å². The minimum absolute atomic E-state index is 0.229. The van der Waals surface area contributed by atoms with Crippen molar-refractivity contribution >= 4 is 0 Å². The van der Waals surface area contributed by atoms with Gasteiger partial charge in [-0.25, -0.2) is 4.39 Å². The zero-order chi connectivity index (χ0) is 12.5. The molecule has 2 saturated heterocycles. The number of fused-ring (bicyclic) bond motifs is 2. The van der Waals surface area contributed by atoms with Gasteiger partial charge in [-0.3, -0.25) is 4.90 Å². The molecule has 0 saturated carbocycles. The van der Waals surface area contributed by atoms with Crippen LogP contribution in [-0.4, -0.2) is 30.2 Å². The first-order valence-electron chi connectivity index (χ1n) is 6.31. The van der Waals surface area contributed by atoms with Crippen molar-refractivity contribution in [2.24, 2.45) is 0 Å². The number of ether oxygens (including phenoxy) is 1. The maximum atomic E-state index is 13.7. The van der Waals surface area contributed by atoms with Crippen molar-refractivity contribution in [3.05, 3.63) is 35.1 Å². The molecule has 2 aliphatic heterocycles. The van der Waals surface area contributed by atoms with Crippen molar-refractivity contribution in [1.29, 1.82) is 5.26 Å². The quantitative estimate of drug-likeness (QED) is 0.801. The van der Waals surface area contributed by atoms with Gasteiger partial charge in [-0.15, -0.1) is 0 Å². The van der Waals surface area contributed by atoms with Crippen LogP contribution in [-0.2, 0) is 11.3 Å². The van der Waals surface area contributed by atoms with E-state index in [1.807, 2.05) is 0 Å². The Hall–Kier alpha value is -1.44. The summed E-state index contributed by atoms with van der Waals surface area (Å²) in [5.74, 6) is -0.229. The molecular weight excluding hydrogens is 231 g/mol. The van der Waals surface area contributed by atoms with Gasteiger partial charge < -0.3 is 4.74 Å². The van der Waals surface area contributed by atoms with Crippen LogP contribution in [0.4, 0.5) is 4.39 Å². The van der Waals surface area contributed by atoms with E-state index in [1.54, 1.807) is 6.07 Å². The number of nitriles is 1. The van der Waals surface area contributed by atoms with Gasteiger partial charge in [0.25, 0.3) is 0 Å². The number of morpholine rings is 1. The summed E-state index contributed by atoms with van der Waals surface area (Å²) < 4.78 is 19.5. The molecule has 2 bridgehead atoms. The zero-order valence-electron chi connectivity index (χ0n) is 10.1. The molecule has 0 radical (unpaired) electrons. The predicted molar refractivity (Wildman–Crippen MR) is 64.3 cm³/mol. The fraction of sp³-hybridized carbons (Fsp3) is 0.500. The lowest BCUT2D eigenvalue weighted by molar-refractivity contribution is -0.0413. The summed E-state index contributed by atoms with van der Waals surface area (Å²) in [7, 11) is 0. The summed E-state index contributed by atoms with van der Waals surface area (Å²) in [6, 6.07) is 6.59. The number of rotatable bonds is 2. The second-order valence-electron chi connectivity index (χ2n) is 5.07. The molecule has 2 heterocycles. The van der Waals surface area contributed by atoms with Gasteiger partial charge in [0.1, 0.15) is 5.82 Å². The van der Waals surface area contributed by atoms with Crippen LogP contribution < -0.4 is 0 Å². The number of halogens is 1. The molecule has 3 rings (SSSR count). The van der Waals surface area contributed by atoms with Gasteiger partial charge in [0, 0.05) is 25.2 Å². The van der Waals surface area contributed by atoms with Gasteiger partial charge in [-0.2, -0.15) is 5.26 Å². The molecule has 0 aromatic heterocycles. The maximum Gasteiger partial charge on any atom is 0.127 e. The van der Waals surface area contributed by atoms with Gasteiger partial charge in [-0.1, -0.05) is 0 Å². The van der Waals surface area contributed by atoms with E-state index in [0.29, 0.717) is 29.9 Å². The van der Waals surface area contributed by atoms with Crippen molar-refractivity contribution < 1.29 is 9.13 Å². The lowest BCUT2D eigenvalue weighted by atomic mass is 10.1. The van der Waals surface area contributed by atoms with Crippen molar-refractivity contribution in [3.8, 4) is 6.07 Å². The molecule has 4 heteroatoms. The molecule has 18 heavy (non-hydrogen) atoms. The Morgan fingerprint density at radius 1 is 1.33 bits per heavy atom. The maximum absolute atomic E-state index is 13.7. The van der Waals surface area contributed by atoms with E-state index in [4.69, 9.17) is 10.00 Å². The van der Waals surface area contributed by atoms with E-state index in [2.05, 4.69) is 11.0 Å². The molecule has 1 aromatic carbocycles. The second-order valence-corrected chi connectivity index (χ2v) is 5.07. The molecule has 2 atom stereocenters. The Balaban J connectivity index is 1.74. The number of nitrogens with zero attached hydrogens (tertiary/aromatic N) is 2. The number of benzene rings is 1. The van der Waals surface area contributed by atoms with Crippen molar-refractivity contribution in [3.63, 3.8) is 0 Å². The summed E-state index contributed by atoms with van der Waals surface area (Å²) in [5.41, 5.74) is 1.12. The number of likely N-dealkylation sites (tertiary alicyclic amines) is 1. The molecule has 0 N–H and O–H groups in total. The van der Waals surface area contributed by atoms with Crippen LogP contribution in [0.1, 0.15) is 24.0 Å². The standard InChI is InChI=1S/C14H15FN2O/c15-14-4-1-10(6-16)5-11(14)7-17-8-12-2-3-13(9-17)18-12/h1,4-5,12-13H,2-3,7-9H2. The Morgan fingerprint density at radius 2 is 2.06 bits per heavy atom. The highest BCUT2D eigenvalue weighted by Crippen LogP contribution is 2.27. The third-order valence-electron chi connectivity index (χ3n) is 3.69. The van der Waals surface area contributed by atoms with Crippen molar-refractivity contribution in [1.82, 2.24) is 4.90 Å². The SMILES string of the molecule is N#Cc1ccc(F)c(CN2CC3CCC(C2)O3)c1. The Kier molecular flexibility index (Phi) is 3.02. The number of hydrogen-bond acceptors (Lipinski definition) is 3. The first-order valence-corrected chi connectivity index (χ1v) is 6.31. The largest absolute Gasteiger partial charge is 0.372 e. The van der Waals surface area contributed by atoms with Crippen LogP contribution in [0.2, 0.25) is 0 Å². The van der Waals surface area contributed by atoms with Gasteiger partial charge in [-0.05, 0) is 31.0 Å². The summed E-state index contributed by atoms with van der Waals surface area (Å²) >= 11 is 0. The smallest absolute Gasteiger partial charge is 0.127 e. The van der Waals surface area contributed by atoms with E-state index >= 15 is 0 Å². The summed E-state index contributed by atoms with van der Waals surface area (Å²) in [6.45, 7) is 2.30. The van der Waals surface area contributed by atoms with E-state index < -0.39 is 0 Å². The first-order chi connectivity index (χ1) is 8.74. The van der Waals surface area contributed by atoms with E-state index in [1.165, 1.54) is 12.1 Å². The van der Waals surface area contributed by atoms with Crippen molar-refractivity contribution in [2.45, 2.75) is 31.6 Å². The van der Waals surface area contributed by atoms with Crippen LogP contribution >= 0.6 is 0 Å². The van der Waals surface area contributed by atoms with Gasteiger partial charge in [0.05, 0.1) is 23.8 Å². The third-order valence-corrected chi connectivity index (χ3v) is 3.69. The van der Waals surface area contributed by atoms with Gasteiger partial charge in [0.2, 0.25) is 0 Å². The number of hydrogen-bond donors (Lipinski definition) is 0. The molecule has 2 aliphatic rings. The van der Waals surface area contributed by atoms with Crippen LogP contribution in [0.3, 0.4) is 0 Å². The highest BCUT2D eigenvalue weighted by molar-refractivity contribution is 5.33. The first kappa shape index (κ1) is 11.6. The molecule has 0 spiro atoms. The van der Waals surface area contributed by atoms with Crippen LogP contribution in [0.25, 0.3) is 0 Å². The molecule has 2 fully saturated rings. The fourth-order valence-corrected chi connectivity index (χ4v) is 2.83. The predicted octanol–water partition coefficient (Wildman–Crippen LogP) is 2.06. The second kappa shape index (κ2) is 4.68. The molecule has 2 unspecified atom stereocenters. The normalized spacial score (nSPS) is 27.1. The van der Waals surface area contributed by atoms with Crippen LogP contribution in [0.5, 0.6) is 0 Å². The molecule has 1 aromatic rings. The summed E-state index contributed by atoms with van der Waals surface area (Å²) in [4.78, 5) is 2.23. The molecule has 0 amide bonds. The lowest BCUT2D eigenvalue weighted by Gasteiger charge is -2.32. The summed E-state index contributed by atoms with van der Waals surface area (Å²) in [6.07, 6.45) is 2.85. The van der Waals surface area contributed by atoms with E-state index in [9.17, 15) is 4.39 Å². The average Bonchev–Trinajstić information content (AvgIpc) is 2.71. The fourth-order valence-electron chi connectivity index (χ4n) is 2.83. The Labute approximate surface area is 106 Å². The zero-order valence-corrected chi connectivity index (χ0v) is 10.1. The molecule has 0 aliphatic carbocycles. The van der Waals surface area contributed by atoms with Gasteiger partial charge >= 0.3 is 0 Å². The monoisotopic (exact) mass is 246 g/mol. The molecule has 3 nitrogen and oxygen atoms in total. The Bertz CT molecular complexity index is 485. The third kappa shape index (κ3) is 2.24. The molecule has 94 valence electrons. The van der Waals surface area contributed by atoms with Gasteiger partial charge in [0.15, 0.2) is 0 Å². The minimum Gasteiger partial charge on any atom is -0.372 e. The Morgan fingerprint density at radius 3 is 2.72 bits per heavy atom. The average molecular weight is 246 g/mol. The lowest BCUT2D eigenvalue weighted by Crippen LogP contribution is -2.42. The minimum atomic E-state index is -0.229. The van der Waals surface area contributed by atoms with E-state index in [0.717, 1.165) is 25.9 Å². The van der Waals surface area contributed by atoms with Crippen LogP contribution in [0, 0.1) is 17.1 Å². The molecular formula is C14H15FN2O. The highest BCUT2D eigenvalue weighted by atomic mass is 19.1. The summed E-state index contributed by atoms with van der Waals surface area (Å²) in [5, 5.41) is 8.85. The van der Waals surface area contributed by atoms with Crippen molar-refractivity contribution in [2.75, 3.05) is 13.1 Å². The highest BCUT2D eigenvalue weighted by Gasteiger charge is 2.33. The van der Waals surface area contributed by atoms with Crippen LogP contribution in [0.15, 0.2) is 18.2 Å². The van der Waals surface area contributed by atoms with E-state index in [-0.39, 0.29) is 5.82 Å².